The first-order valence-corrected chi connectivity index (χ1v) is 7.74. The van der Waals surface area contributed by atoms with E-state index in [1.165, 1.54) is 6.07 Å². The number of carbonyl (C=O) groups excluding carboxylic acids is 1. The van der Waals surface area contributed by atoms with Gasteiger partial charge in [0.05, 0.1) is 19.1 Å². The SMILES string of the molecule is COc1ccc(-c2nc(NC(=O)Cc3ccccc3C(=O)O)n[nH]2)cc1. The zero-order valence-electron chi connectivity index (χ0n) is 13.9. The second kappa shape index (κ2) is 7.47. The van der Waals surface area contributed by atoms with Gasteiger partial charge in [0.1, 0.15) is 5.75 Å². The van der Waals surface area contributed by atoms with Crippen molar-refractivity contribution in [2.75, 3.05) is 12.4 Å². The van der Waals surface area contributed by atoms with E-state index >= 15 is 0 Å². The number of benzene rings is 2. The van der Waals surface area contributed by atoms with Crippen molar-refractivity contribution in [2.45, 2.75) is 6.42 Å². The summed E-state index contributed by atoms with van der Waals surface area (Å²) >= 11 is 0. The zero-order valence-corrected chi connectivity index (χ0v) is 13.9. The van der Waals surface area contributed by atoms with Crippen LogP contribution in [0.4, 0.5) is 5.95 Å². The number of amides is 1. The van der Waals surface area contributed by atoms with Crippen molar-refractivity contribution < 1.29 is 19.4 Å². The Morgan fingerprint density at radius 3 is 2.58 bits per heavy atom. The molecule has 0 spiro atoms. The number of rotatable bonds is 6. The molecule has 1 heterocycles. The van der Waals surface area contributed by atoms with Crippen molar-refractivity contribution in [3.8, 4) is 17.1 Å². The molecule has 8 nitrogen and oxygen atoms in total. The molecule has 1 amide bonds. The number of anilines is 1. The third-order valence-corrected chi connectivity index (χ3v) is 3.70. The molecule has 0 unspecified atom stereocenters. The highest BCUT2D eigenvalue weighted by Gasteiger charge is 2.14. The van der Waals surface area contributed by atoms with E-state index in [0.29, 0.717) is 11.4 Å². The predicted octanol–water partition coefficient (Wildman–Crippen LogP) is 2.36. The van der Waals surface area contributed by atoms with Gasteiger partial charge in [-0.3, -0.25) is 15.2 Å². The lowest BCUT2D eigenvalue weighted by molar-refractivity contribution is -0.115. The van der Waals surface area contributed by atoms with Crippen molar-refractivity contribution in [2.24, 2.45) is 0 Å². The van der Waals surface area contributed by atoms with Gasteiger partial charge in [-0.15, -0.1) is 5.10 Å². The lowest BCUT2D eigenvalue weighted by atomic mass is 10.0. The average molecular weight is 352 g/mol. The number of H-pyrrole nitrogens is 1. The second-order valence-corrected chi connectivity index (χ2v) is 5.42. The fourth-order valence-corrected chi connectivity index (χ4v) is 2.42. The van der Waals surface area contributed by atoms with Gasteiger partial charge < -0.3 is 9.84 Å². The maximum absolute atomic E-state index is 12.2. The Hall–Kier alpha value is -3.68. The Labute approximate surface area is 148 Å². The average Bonchev–Trinajstić information content (AvgIpc) is 3.10. The number of carboxylic acid groups (broad SMARTS) is 1. The van der Waals surface area contributed by atoms with Crippen LogP contribution in [-0.2, 0) is 11.2 Å². The molecule has 0 aliphatic carbocycles. The Bertz CT molecular complexity index is 934. The first-order valence-electron chi connectivity index (χ1n) is 7.74. The molecular weight excluding hydrogens is 336 g/mol. The summed E-state index contributed by atoms with van der Waals surface area (Å²) in [5, 5.41) is 18.4. The maximum atomic E-state index is 12.2. The van der Waals surface area contributed by atoms with Crippen LogP contribution in [0, 0.1) is 0 Å². The number of hydrogen-bond acceptors (Lipinski definition) is 5. The number of aromatic carboxylic acids is 1. The molecular formula is C18H16N4O4. The summed E-state index contributed by atoms with van der Waals surface area (Å²) in [5.74, 6) is -0.145. The van der Waals surface area contributed by atoms with E-state index in [9.17, 15) is 9.59 Å². The Balaban J connectivity index is 1.69. The molecule has 132 valence electrons. The normalized spacial score (nSPS) is 10.3. The van der Waals surface area contributed by atoms with Crippen LogP contribution in [0.1, 0.15) is 15.9 Å². The molecule has 3 N–H and O–H groups in total. The van der Waals surface area contributed by atoms with Crippen LogP contribution in [0.2, 0.25) is 0 Å². The van der Waals surface area contributed by atoms with E-state index in [1.54, 1.807) is 37.4 Å². The molecule has 0 atom stereocenters. The first kappa shape index (κ1) is 17.2. The summed E-state index contributed by atoms with van der Waals surface area (Å²) in [7, 11) is 1.58. The third-order valence-electron chi connectivity index (χ3n) is 3.70. The zero-order chi connectivity index (χ0) is 18.5. The quantitative estimate of drug-likeness (QED) is 0.627. The van der Waals surface area contributed by atoms with E-state index in [-0.39, 0.29) is 17.9 Å². The maximum Gasteiger partial charge on any atom is 0.335 e. The van der Waals surface area contributed by atoms with Gasteiger partial charge >= 0.3 is 5.97 Å². The number of nitrogens with zero attached hydrogens (tertiary/aromatic N) is 2. The summed E-state index contributed by atoms with van der Waals surface area (Å²) < 4.78 is 5.10. The lowest BCUT2D eigenvalue weighted by Gasteiger charge is -2.05. The molecule has 0 aliphatic heterocycles. The standard InChI is InChI=1S/C18H16N4O4/c1-26-13-8-6-11(7-9-13)16-20-18(22-21-16)19-15(23)10-12-4-2-3-5-14(12)17(24)25/h2-9H,10H2,1H3,(H,24,25)(H2,19,20,21,22,23). The largest absolute Gasteiger partial charge is 0.497 e. The number of carbonyl (C=O) groups is 2. The Morgan fingerprint density at radius 1 is 1.15 bits per heavy atom. The molecule has 0 radical (unpaired) electrons. The summed E-state index contributed by atoms with van der Waals surface area (Å²) in [6, 6.07) is 13.6. The van der Waals surface area contributed by atoms with Gasteiger partial charge in [-0.1, -0.05) is 18.2 Å². The highest BCUT2D eigenvalue weighted by Crippen LogP contribution is 2.20. The molecule has 3 aromatic rings. The van der Waals surface area contributed by atoms with Crippen LogP contribution in [0.5, 0.6) is 5.75 Å². The molecule has 0 aliphatic rings. The summed E-state index contributed by atoms with van der Waals surface area (Å²) in [5.41, 5.74) is 1.30. The number of hydrogen-bond donors (Lipinski definition) is 3. The van der Waals surface area contributed by atoms with Gasteiger partial charge in [-0.2, -0.15) is 4.98 Å². The molecule has 0 saturated carbocycles. The van der Waals surface area contributed by atoms with Crippen LogP contribution < -0.4 is 10.1 Å². The van der Waals surface area contributed by atoms with Crippen LogP contribution in [0.15, 0.2) is 48.5 Å². The topological polar surface area (TPSA) is 117 Å². The van der Waals surface area contributed by atoms with Gasteiger partial charge in [0.15, 0.2) is 5.82 Å². The Morgan fingerprint density at radius 2 is 1.88 bits per heavy atom. The smallest absolute Gasteiger partial charge is 0.335 e. The van der Waals surface area contributed by atoms with Crippen molar-refractivity contribution in [1.29, 1.82) is 0 Å². The number of nitrogens with one attached hydrogen (secondary N) is 2. The fraction of sp³-hybridized carbons (Fsp3) is 0.111. The van der Waals surface area contributed by atoms with E-state index in [4.69, 9.17) is 9.84 Å². The number of ether oxygens (including phenoxy) is 1. The van der Waals surface area contributed by atoms with Crippen LogP contribution >= 0.6 is 0 Å². The van der Waals surface area contributed by atoms with Crippen molar-refractivity contribution in [3.05, 3.63) is 59.7 Å². The van der Waals surface area contributed by atoms with Gasteiger partial charge in [-0.05, 0) is 35.9 Å². The number of carboxylic acids is 1. The Kier molecular flexibility index (Phi) is 4.93. The van der Waals surface area contributed by atoms with E-state index in [0.717, 1.165) is 11.3 Å². The molecule has 0 bridgehead atoms. The van der Waals surface area contributed by atoms with E-state index in [1.807, 2.05) is 12.1 Å². The molecule has 3 rings (SSSR count). The number of aromatic nitrogens is 3. The lowest BCUT2D eigenvalue weighted by Crippen LogP contribution is -2.17. The van der Waals surface area contributed by atoms with Gasteiger partial charge in [0.2, 0.25) is 11.9 Å². The monoisotopic (exact) mass is 352 g/mol. The van der Waals surface area contributed by atoms with E-state index in [2.05, 4.69) is 20.5 Å². The minimum Gasteiger partial charge on any atom is -0.497 e. The molecule has 26 heavy (non-hydrogen) atoms. The second-order valence-electron chi connectivity index (χ2n) is 5.42. The molecule has 0 saturated heterocycles. The molecule has 0 fully saturated rings. The van der Waals surface area contributed by atoms with Crippen LogP contribution in [0.25, 0.3) is 11.4 Å². The highest BCUT2D eigenvalue weighted by atomic mass is 16.5. The minimum atomic E-state index is -1.08. The van der Waals surface area contributed by atoms with Crippen molar-refractivity contribution in [3.63, 3.8) is 0 Å². The summed E-state index contributed by atoms with van der Waals surface area (Å²) in [4.78, 5) is 27.6. The molecule has 8 heteroatoms. The molecule has 2 aromatic carbocycles. The predicted molar refractivity (Wildman–Crippen MR) is 94.1 cm³/mol. The molecule has 1 aromatic heterocycles. The van der Waals surface area contributed by atoms with Gasteiger partial charge in [-0.25, -0.2) is 4.79 Å². The first-order chi connectivity index (χ1) is 12.6. The minimum absolute atomic E-state index is 0.0884. The van der Waals surface area contributed by atoms with Gasteiger partial charge in [0.25, 0.3) is 0 Å². The van der Waals surface area contributed by atoms with Crippen molar-refractivity contribution in [1.82, 2.24) is 15.2 Å². The number of aromatic amines is 1. The van der Waals surface area contributed by atoms with Crippen LogP contribution in [-0.4, -0.2) is 39.3 Å². The summed E-state index contributed by atoms with van der Waals surface area (Å²) in [6.07, 6.45) is -0.0884. The van der Waals surface area contributed by atoms with E-state index < -0.39 is 11.9 Å². The highest BCUT2D eigenvalue weighted by molar-refractivity contribution is 5.95. The number of methoxy groups -OCH3 is 1. The van der Waals surface area contributed by atoms with Gasteiger partial charge in [0, 0.05) is 5.56 Å². The fourth-order valence-electron chi connectivity index (χ4n) is 2.42. The van der Waals surface area contributed by atoms with Crippen molar-refractivity contribution >= 4 is 17.8 Å². The summed E-state index contributed by atoms with van der Waals surface area (Å²) in [6.45, 7) is 0. The van der Waals surface area contributed by atoms with Crippen LogP contribution in [0.3, 0.4) is 0 Å². The third kappa shape index (κ3) is 3.86.